The normalized spacial score (nSPS) is 10.5. The number of alkyl halides is 1. The molecule has 74 valence electrons. The highest BCUT2D eigenvalue weighted by Crippen LogP contribution is 1.88. The molecule has 0 aliphatic rings. The standard InChI is InChI=1S/C9H20ClNO/c1-2-8-12-9-7-11-6-4-3-5-10/h11H,2-9H2,1H3. The maximum atomic E-state index is 5.53. The van der Waals surface area contributed by atoms with Crippen molar-refractivity contribution in [1.29, 1.82) is 0 Å². The number of ether oxygens (including phenoxy) is 1. The Labute approximate surface area is 80.6 Å². The van der Waals surface area contributed by atoms with Crippen LogP contribution in [0, 0.1) is 0 Å². The molecule has 0 aromatic heterocycles. The second kappa shape index (κ2) is 11.2. The number of nitrogens with one attached hydrogen (secondary N) is 1. The minimum absolute atomic E-state index is 0.772. The van der Waals surface area contributed by atoms with Crippen molar-refractivity contribution in [2.45, 2.75) is 26.2 Å². The van der Waals surface area contributed by atoms with E-state index >= 15 is 0 Å². The van der Waals surface area contributed by atoms with Crippen molar-refractivity contribution in [1.82, 2.24) is 5.32 Å². The molecule has 0 aliphatic heterocycles. The lowest BCUT2D eigenvalue weighted by Gasteiger charge is -2.04. The van der Waals surface area contributed by atoms with Crippen LogP contribution in [0.3, 0.4) is 0 Å². The lowest BCUT2D eigenvalue weighted by Crippen LogP contribution is -2.21. The van der Waals surface area contributed by atoms with Crippen LogP contribution in [0.4, 0.5) is 0 Å². The van der Waals surface area contributed by atoms with Crippen LogP contribution < -0.4 is 5.32 Å². The zero-order valence-electron chi connectivity index (χ0n) is 7.94. The molecule has 0 unspecified atom stereocenters. The van der Waals surface area contributed by atoms with Gasteiger partial charge in [0, 0.05) is 19.0 Å². The van der Waals surface area contributed by atoms with E-state index in [-0.39, 0.29) is 0 Å². The number of hydrogen-bond donors (Lipinski definition) is 1. The molecule has 0 saturated carbocycles. The third-order valence-corrected chi connectivity index (χ3v) is 1.78. The highest BCUT2D eigenvalue weighted by Gasteiger charge is 1.88. The molecule has 0 aromatic rings. The summed E-state index contributed by atoms with van der Waals surface area (Å²) in [6, 6.07) is 0. The van der Waals surface area contributed by atoms with Gasteiger partial charge in [0.1, 0.15) is 0 Å². The summed E-state index contributed by atoms with van der Waals surface area (Å²) >= 11 is 5.53. The zero-order valence-corrected chi connectivity index (χ0v) is 8.70. The summed E-state index contributed by atoms with van der Waals surface area (Å²) in [6.45, 7) is 5.84. The summed E-state index contributed by atoms with van der Waals surface area (Å²) in [7, 11) is 0. The molecule has 2 nitrogen and oxygen atoms in total. The van der Waals surface area contributed by atoms with E-state index in [1.165, 1.54) is 0 Å². The Balaban J connectivity index is 2.73. The van der Waals surface area contributed by atoms with Gasteiger partial charge in [0.25, 0.3) is 0 Å². The fourth-order valence-electron chi connectivity index (χ4n) is 0.860. The maximum absolute atomic E-state index is 5.53. The smallest absolute Gasteiger partial charge is 0.0590 e. The highest BCUT2D eigenvalue weighted by molar-refractivity contribution is 6.17. The van der Waals surface area contributed by atoms with Crippen molar-refractivity contribution >= 4 is 11.6 Å². The monoisotopic (exact) mass is 193 g/mol. The van der Waals surface area contributed by atoms with Crippen LogP contribution in [0.5, 0.6) is 0 Å². The summed E-state index contributed by atoms with van der Waals surface area (Å²) in [6.07, 6.45) is 3.37. The van der Waals surface area contributed by atoms with Crippen LogP contribution in [-0.2, 0) is 4.74 Å². The Kier molecular flexibility index (Phi) is 11.4. The minimum Gasteiger partial charge on any atom is -0.380 e. The third-order valence-electron chi connectivity index (χ3n) is 1.51. The summed E-state index contributed by atoms with van der Waals surface area (Å²) in [5.74, 6) is 0.772. The third kappa shape index (κ3) is 10.2. The van der Waals surface area contributed by atoms with Gasteiger partial charge in [-0.1, -0.05) is 6.92 Å². The quantitative estimate of drug-likeness (QED) is 0.447. The molecule has 0 spiro atoms. The Morgan fingerprint density at radius 2 is 2.00 bits per heavy atom. The first-order valence-corrected chi connectivity index (χ1v) is 5.29. The van der Waals surface area contributed by atoms with Crippen molar-refractivity contribution in [3.63, 3.8) is 0 Å². The fourth-order valence-corrected chi connectivity index (χ4v) is 1.05. The number of hydrogen-bond acceptors (Lipinski definition) is 2. The van der Waals surface area contributed by atoms with Gasteiger partial charge in [-0.2, -0.15) is 0 Å². The summed E-state index contributed by atoms with van der Waals surface area (Å²) < 4.78 is 5.30. The Bertz CT molecular complexity index is 70.9. The molecular formula is C9H20ClNO. The van der Waals surface area contributed by atoms with Gasteiger partial charge in [0.15, 0.2) is 0 Å². The molecule has 0 amide bonds. The van der Waals surface area contributed by atoms with Gasteiger partial charge in [-0.25, -0.2) is 0 Å². The number of rotatable bonds is 9. The van der Waals surface area contributed by atoms with E-state index in [4.69, 9.17) is 16.3 Å². The Morgan fingerprint density at radius 3 is 2.67 bits per heavy atom. The van der Waals surface area contributed by atoms with Crippen molar-refractivity contribution in [3.05, 3.63) is 0 Å². The Hall–Kier alpha value is 0.210. The topological polar surface area (TPSA) is 21.3 Å². The van der Waals surface area contributed by atoms with E-state index in [0.29, 0.717) is 0 Å². The molecule has 12 heavy (non-hydrogen) atoms. The minimum atomic E-state index is 0.772. The molecule has 0 rings (SSSR count). The fraction of sp³-hybridized carbons (Fsp3) is 1.00. The van der Waals surface area contributed by atoms with Crippen molar-refractivity contribution in [2.75, 3.05) is 32.2 Å². The van der Waals surface area contributed by atoms with Gasteiger partial charge < -0.3 is 10.1 Å². The predicted octanol–water partition coefficient (Wildman–Crippen LogP) is 2.02. The van der Waals surface area contributed by atoms with Gasteiger partial charge in [0.05, 0.1) is 6.61 Å². The molecule has 0 saturated heterocycles. The van der Waals surface area contributed by atoms with Gasteiger partial charge in [-0.05, 0) is 25.8 Å². The predicted molar refractivity (Wildman–Crippen MR) is 53.9 cm³/mol. The largest absolute Gasteiger partial charge is 0.380 e. The maximum Gasteiger partial charge on any atom is 0.0590 e. The average molecular weight is 194 g/mol. The highest BCUT2D eigenvalue weighted by atomic mass is 35.5. The molecular weight excluding hydrogens is 174 g/mol. The van der Waals surface area contributed by atoms with Gasteiger partial charge >= 0.3 is 0 Å². The first-order chi connectivity index (χ1) is 5.91. The van der Waals surface area contributed by atoms with E-state index in [2.05, 4.69) is 12.2 Å². The second-order valence-electron chi connectivity index (χ2n) is 2.76. The summed E-state index contributed by atoms with van der Waals surface area (Å²) in [5.41, 5.74) is 0. The second-order valence-corrected chi connectivity index (χ2v) is 3.14. The molecule has 0 bridgehead atoms. The summed E-state index contributed by atoms with van der Waals surface area (Å²) in [5, 5.41) is 3.30. The first-order valence-electron chi connectivity index (χ1n) is 4.76. The molecule has 0 radical (unpaired) electrons. The molecule has 0 fully saturated rings. The lowest BCUT2D eigenvalue weighted by atomic mass is 10.3. The van der Waals surface area contributed by atoms with Crippen LogP contribution in [0.1, 0.15) is 26.2 Å². The van der Waals surface area contributed by atoms with E-state index in [1.807, 2.05) is 0 Å². The van der Waals surface area contributed by atoms with E-state index in [0.717, 1.165) is 51.4 Å². The van der Waals surface area contributed by atoms with Crippen molar-refractivity contribution in [2.24, 2.45) is 0 Å². The lowest BCUT2D eigenvalue weighted by molar-refractivity contribution is 0.136. The molecule has 0 aliphatic carbocycles. The van der Waals surface area contributed by atoms with Crippen LogP contribution in [0.15, 0.2) is 0 Å². The van der Waals surface area contributed by atoms with E-state index < -0.39 is 0 Å². The van der Waals surface area contributed by atoms with Gasteiger partial charge in [0.2, 0.25) is 0 Å². The number of unbranched alkanes of at least 4 members (excludes halogenated alkanes) is 1. The summed E-state index contributed by atoms with van der Waals surface area (Å²) in [4.78, 5) is 0. The SMILES string of the molecule is CCCOCCNCCCCCl. The Morgan fingerprint density at radius 1 is 1.17 bits per heavy atom. The van der Waals surface area contributed by atoms with Crippen LogP contribution in [-0.4, -0.2) is 32.2 Å². The van der Waals surface area contributed by atoms with Gasteiger partial charge in [-0.15, -0.1) is 11.6 Å². The van der Waals surface area contributed by atoms with Crippen molar-refractivity contribution < 1.29 is 4.74 Å². The molecule has 0 aromatic carbocycles. The molecule has 0 atom stereocenters. The van der Waals surface area contributed by atoms with Crippen LogP contribution >= 0.6 is 11.6 Å². The van der Waals surface area contributed by atoms with E-state index in [1.54, 1.807) is 0 Å². The molecule has 0 heterocycles. The first kappa shape index (κ1) is 12.2. The van der Waals surface area contributed by atoms with E-state index in [9.17, 15) is 0 Å². The van der Waals surface area contributed by atoms with Crippen LogP contribution in [0.2, 0.25) is 0 Å². The number of halogens is 1. The zero-order chi connectivity index (χ0) is 9.07. The average Bonchev–Trinajstić information content (AvgIpc) is 2.10. The van der Waals surface area contributed by atoms with Crippen LogP contribution in [0.25, 0.3) is 0 Å². The van der Waals surface area contributed by atoms with Crippen molar-refractivity contribution in [3.8, 4) is 0 Å². The molecule has 3 heteroatoms. The molecule has 1 N–H and O–H groups in total. The van der Waals surface area contributed by atoms with Gasteiger partial charge in [-0.3, -0.25) is 0 Å².